The number of hydrogen-bond acceptors (Lipinski definition) is 1. The summed E-state index contributed by atoms with van der Waals surface area (Å²) in [4.78, 5) is 2.69. The summed E-state index contributed by atoms with van der Waals surface area (Å²) in [5.41, 5.74) is 3.17. The number of fused-ring (bicyclic) bond motifs is 1. The summed E-state index contributed by atoms with van der Waals surface area (Å²) in [6.07, 6.45) is 2.65. The van der Waals surface area contributed by atoms with Crippen molar-refractivity contribution in [2.24, 2.45) is 5.92 Å². The summed E-state index contributed by atoms with van der Waals surface area (Å²) in [7, 11) is 0. The third-order valence-corrected chi connectivity index (χ3v) is 5.24. The summed E-state index contributed by atoms with van der Waals surface area (Å²) < 4.78 is 0. The molecular weight excluding hydrogens is 274 g/mol. The molecule has 2 heteroatoms. The van der Waals surface area contributed by atoms with Crippen LogP contribution in [0, 0.1) is 5.92 Å². The van der Waals surface area contributed by atoms with E-state index in [0.29, 0.717) is 0 Å². The van der Waals surface area contributed by atoms with E-state index in [1.54, 1.807) is 11.1 Å². The fraction of sp³-hybridized carbons (Fsp3) is 0.600. The Morgan fingerprint density at radius 2 is 2.18 bits per heavy atom. The van der Waals surface area contributed by atoms with Crippen molar-refractivity contribution >= 4 is 15.9 Å². The molecule has 0 spiro atoms. The first kappa shape index (κ1) is 11.7. The first-order valence-corrected chi connectivity index (χ1v) is 7.79. The van der Waals surface area contributed by atoms with Crippen LogP contribution in [0.1, 0.15) is 30.4 Å². The quantitative estimate of drug-likeness (QED) is 0.772. The van der Waals surface area contributed by atoms with E-state index >= 15 is 0 Å². The van der Waals surface area contributed by atoms with Crippen molar-refractivity contribution in [1.29, 1.82) is 0 Å². The molecule has 17 heavy (non-hydrogen) atoms. The van der Waals surface area contributed by atoms with E-state index in [1.165, 1.54) is 25.9 Å². The van der Waals surface area contributed by atoms with Crippen molar-refractivity contribution in [1.82, 2.24) is 4.90 Å². The van der Waals surface area contributed by atoms with E-state index in [4.69, 9.17) is 0 Å². The van der Waals surface area contributed by atoms with Crippen molar-refractivity contribution < 1.29 is 0 Å². The average molecular weight is 294 g/mol. The Labute approximate surface area is 112 Å². The van der Waals surface area contributed by atoms with Crippen LogP contribution in [0.3, 0.4) is 0 Å². The van der Waals surface area contributed by atoms with Crippen LogP contribution in [0.15, 0.2) is 24.3 Å². The largest absolute Gasteiger partial charge is 0.299 e. The van der Waals surface area contributed by atoms with Crippen molar-refractivity contribution in [3.63, 3.8) is 0 Å². The highest BCUT2D eigenvalue weighted by atomic mass is 79.9. The monoisotopic (exact) mass is 293 g/mol. The average Bonchev–Trinajstić information content (AvgIpc) is 2.67. The third kappa shape index (κ3) is 2.06. The van der Waals surface area contributed by atoms with Crippen molar-refractivity contribution in [3.8, 4) is 0 Å². The van der Waals surface area contributed by atoms with Crippen molar-refractivity contribution in [2.45, 2.75) is 31.7 Å². The molecule has 1 saturated heterocycles. The number of benzene rings is 1. The lowest BCUT2D eigenvalue weighted by Gasteiger charge is -2.35. The second kappa shape index (κ2) is 4.74. The second-order valence-electron chi connectivity index (χ2n) is 5.58. The van der Waals surface area contributed by atoms with Gasteiger partial charge in [0.25, 0.3) is 0 Å². The van der Waals surface area contributed by atoms with Gasteiger partial charge in [-0.25, -0.2) is 0 Å². The smallest absolute Gasteiger partial charge is 0.0219 e. The molecule has 1 nitrogen and oxygen atoms in total. The molecule has 1 aliphatic carbocycles. The topological polar surface area (TPSA) is 3.24 Å². The number of likely N-dealkylation sites (tertiary alicyclic amines) is 1. The Hall–Kier alpha value is -0.340. The first-order chi connectivity index (χ1) is 8.29. The summed E-state index contributed by atoms with van der Waals surface area (Å²) in [5, 5.41) is 1.13. The zero-order chi connectivity index (χ0) is 11.8. The van der Waals surface area contributed by atoms with E-state index in [-0.39, 0.29) is 0 Å². The highest BCUT2D eigenvalue weighted by molar-refractivity contribution is 9.09. The molecule has 3 rings (SSSR count). The number of rotatable bonds is 3. The molecule has 0 N–H and O–H groups in total. The summed E-state index contributed by atoms with van der Waals surface area (Å²) >= 11 is 3.68. The maximum absolute atomic E-state index is 3.68. The van der Waals surface area contributed by atoms with Gasteiger partial charge in [-0.3, -0.25) is 4.90 Å². The molecule has 3 atom stereocenters. The van der Waals surface area contributed by atoms with Crippen LogP contribution >= 0.6 is 15.9 Å². The number of hydrogen-bond donors (Lipinski definition) is 0. The highest BCUT2D eigenvalue weighted by Crippen LogP contribution is 2.37. The summed E-state index contributed by atoms with van der Waals surface area (Å²) in [6, 6.07) is 9.68. The van der Waals surface area contributed by atoms with Gasteiger partial charge in [0.15, 0.2) is 0 Å². The lowest BCUT2D eigenvalue weighted by atomic mass is 9.77. The summed E-state index contributed by atoms with van der Waals surface area (Å²) in [5.74, 6) is 1.64. The predicted molar refractivity (Wildman–Crippen MR) is 75.8 cm³/mol. The van der Waals surface area contributed by atoms with Crippen LogP contribution < -0.4 is 0 Å². The van der Waals surface area contributed by atoms with Crippen molar-refractivity contribution in [3.05, 3.63) is 35.4 Å². The minimum Gasteiger partial charge on any atom is -0.299 e. The molecule has 0 bridgehead atoms. The molecule has 0 radical (unpaired) electrons. The van der Waals surface area contributed by atoms with Crippen LogP contribution in [-0.2, 0) is 6.42 Å². The third-order valence-electron chi connectivity index (χ3n) is 4.57. The van der Waals surface area contributed by atoms with Gasteiger partial charge in [-0.2, -0.15) is 0 Å². The molecule has 0 amide bonds. The maximum atomic E-state index is 3.68. The molecule has 1 aliphatic heterocycles. The minimum atomic E-state index is 0.753. The SMILES string of the molecule is CC1CCN(CC2Cc3ccccc32)C1CBr. The van der Waals surface area contributed by atoms with Gasteiger partial charge in [0, 0.05) is 23.8 Å². The van der Waals surface area contributed by atoms with Gasteiger partial charge in [0.1, 0.15) is 0 Å². The number of halogens is 1. The Kier molecular flexibility index (Phi) is 3.27. The van der Waals surface area contributed by atoms with Gasteiger partial charge in [0.05, 0.1) is 0 Å². The van der Waals surface area contributed by atoms with Gasteiger partial charge in [0.2, 0.25) is 0 Å². The molecule has 0 aromatic heterocycles. The van der Waals surface area contributed by atoms with Gasteiger partial charge in [-0.1, -0.05) is 47.1 Å². The van der Waals surface area contributed by atoms with Crippen LogP contribution in [0.4, 0.5) is 0 Å². The Morgan fingerprint density at radius 3 is 2.94 bits per heavy atom. The molecule has 0 saturated carbocycles. The lowest BCUT2D eigenvalue weighted by molar-refractivity contribution is 0.229. The van der Waals surface area contributed by atoms with Gasteiger partial charge >= 0.3 is 0 Å². The van der Waals surface area contributed by atoms with Crippen molar-refractivity contribution in [2.75, 3.05) is 18.4 Å². The van der Waals surface area contributed by atoms with E-state index in [2.05, 4.69) is 52.0 Å². The van der Waals surface area contributed by atoms with Gasteiger partial charge < -0.3 is 0 Å². The number of nitrogens with zero attached hydrogens (tertiary/aromatic N) is 1. The number of alkyl halides is 1. The van der Waals surface area contributed by atoms with Crippen LogP contribution in [0.5, 0.6) is 0 Å². The molecule has 92 valence electrons. The molecule has 1 fully saturated rings. The molecular formula is C15H20BrN. The maximum Gasteiger partial charge on any atom is 0.0219 e. The molecule has 3 unspecified atom stereocenters. The fourth-order valence-electron chi connectivity index (χ4n) is 3.37. The lowest BCUT2D eigenvalue weighted by Crippen LogP contribution is -2.39. The highest BCUT2D eigenvalue weighted by Gasteiger charge is 2.34. The Balaban J connectivity index is 1.66. The first-order valence-electron chi connectivity index (χ1n) is 6.67. The Bertz CT molecular complexity index is 404. The summed E-state index contributed by atoms with van der Waals surface area (Å²) in [6.45, 7) is 4.94. The standard InChI is InChI=1S/C15H20BrN/c1-11-6-7-17(15(11)9-16)10-13-8-12-4-2-3-5-14(12)13/h2-5,11,13,15H,6-10H2,1H3. The molecule has 1 heterocycles. The second-order valence-corrected chi connectivity index (χ2v) is 6.23. The zero-order valence-electron chi connectivity index (χ0n) is 10.4. The van der Waals surface area contributed by atoms with E-state index in [0.717, 1.165) is 23.2 Å². The van der Waals surface area contributed by atoms with Gasteiger partial charge in [-0.15, -0.1) is 0 Å². The normalized spacial score (nSPS) is 32.2. The fourth-order valence-corrected chi connectivity index (χ4v) is 4.42. The van der Waals surface area contributed by atoms with E-state index < -0.39 is 0 Å². The van der Waals surface area contributed by atoms with Crippen LogP contribution in [0.2, 0.25) is 0 Å². The minimum absolute atomic E-state index is 0.753. The van der Waals surface area contributed by atoms with Crippen LogP contribution in [0.25, 0.3) is 0 Å². The Morgan fingerprint density at radius 1 is 1.35 bits per heavy atom. The van der Waals surface area contributed by atoms with Crippen LogP contribution in [-0.4, -0.2) is 29.4 Å². The van der Waals surface area contributed by atoms with Gasteiger partial charge in [-0.05, 0) is 36.4 Å². The zero-order valence-corrected chi connectivity index (χ0v) is 12.0. The molecule has 1 aromatic carbocycles. The predicted octanol–water partition coefficient (Wildman–Crippen LogP) is 3.43. The van der Waals surface area contributed by atoms with E-state index in [1.807, 2.05) is 0 Å². The van der Waals surface area contributed by atoms with E-state index in [9.17, 15) is 0 Å². The molecule has 1 aromatic rings. The molecule has 2 aliphatic rings.